The lowest BCUT2D eigenvalue weighted by Gasteiger charge is -2.25. The molecule has 2 aromatic rings. The minimum atomic E-state index is -0.818. The van der Waals surface area contributed by atoms with Crippen molar-refractivity contribution in [2.45, 2.75) is 18.6 Å². The molecule has 0 aromatic heterocycles. The summed E-state index contributed by atoms with van der Waals surface area (Å²) in [6, 6.07) is 18.1. The van der Waals surface area contributed by atoms with Gasteiger partial charge in [-0.3, -0.25) is 4.90 Å². The highest BCUT2D eigenvalue weighted by Gasteiger charge is 2.39. The molecule has 1 N–H and O–H groups in total. The molecule has 0 bridgehead atoms. The van der Waals surface area contributed by atoms with Gasteiger partial charge in [-0.15, -0.1) is 0 Å². The molecule has 21 heavy (non-hydrogen) atoms. The van der Waals surface area contributed by atoms with Gasteiger partial charge in [-0.25, -0.2) is 0 Å². The highest BCUT2D eigenvalue weighted by atomic mass is 16.5. The minimum Gasteiger partial charge on any atom is -0.496 e. The van der Waals surface area contributed by atoms with Crippen LogP contribution in [-0.4, -0.2) is 30.2 Å². The molecule has 0 aliphatic carbocycles. The highest BCUT2D eigenvalue weighted by Crippen LogP contribution is 2.37. The predicted octanol–water partition coefficient (Wildman–Crippen LogP) is 2.79. The van der Waals surface area contributed by atoms with Crippen molar-refractivity contribution in [3.05, 3.63) is 65.7 Å². The number of rotatable bonds is 4. The van der Waals surface area contributed by atoms with E-state index in [1.165, 1.54) is 5.56 Å². The first-order valence-corrected chi connectivity index (χ1v) is 7.33. The second-order valence-electron chi connectivity index (χ2n) is 5.68. The Morgan fingerprint density at radius 1 is 1.10 bits per heavy atom. The van der Waals surface area contributed by atoms with Crippen LogP contribution in [0.3, 0.4) is 0 Å². The van der Waals surface area contributed by atoms with Crippen molar-refractivity contribution < 1.29 is 9.84 Å². The van der Waals surface area contributed by atoms with Crippen molar-refractivity contribution in [3.8, 4) is 5.75 Å². The van der Waals surface area contributed by atoms with Gasteiger partial charge in [-0.1, -0.05) is 48.5 Å². The Bertz CT molecular complexity index is 599. The summed E-state index contributed by atoms with van der Waals surface area (Å²) in [7, 11) is 1.65. The quantitative estimate of drug-likeness (QED) is 0.936. The topological polar surface area (TPSA) is 32.7 Å². The molecule has 0 saturated carbocycles. The maximum atomic E-state index is 11.0. The van der Waals surface area contributed by atoms with E-state index < -0.39 is 5.60 Å². The van der Waals surface area contributed by atoms with Crippen molar-refractivity contribution in [1.29, 1.82) is 0 Å². The van der Waals surface area contributed by atoms with Crippen LogP contribution < -0.4 is 4.74 Å². The second-order valence-corrected chi connectivity index (χ2v) is 5.68. The Morgan fingerprint density at radius 2 is 1.81 bits per heavy atom. The fraction of sp³-hybridized carbons (Fsp3) is 0.333. The van der Waals surface area contributed by atoms with Crippen LogP contribution in [0.15, 0.2) is 54.6 Å². The summed E-state index contributed by atoms with van der Waals surface area (Å²) in [6.07, 6.45) is 0.736. The van der Waals surface area contributed by atoms with Gasteiger partial charge in [0.05, 0.1) is 7.11 Å². The molecule has 1 fully saturated rings. The van der Waals surface area contributed by atoms with Crippen molar-refractivity contribution >= 4 is 0 Å². The molecule has 1 aliphatic rings. The highest BCUT2D eigenvalue weighted by molar-refractivity contribution is 5.39. The fourth-order valence-electron chi connectivity index (χ4n) is 3.10. The first kappa shape index (κ1) is 14.1. The van der Waals surface area contributed by atoms with Crippen LogP contribution >= 0.6 is 0 Å². The molecule has 1 saturated heterocycles. The molecule has 0 spiro atoms. The molecule has 1 unspecified atom stereocenters. The number of aliphatic hydroxyl groups is 1. The largest absolute Gasteiger partial charge is 0.496 e. The summed E-state index contributed by atoms with van der Waals surface area (Å²) in [6.45, 7) is 2.41. The first-order chi connectivity index (χ1) is 10.2. The SMILES string of the molecule is COc1ccccc1C1(O)CCN(Cc2ccccc2)C1. The van der Waals surface area contributed by atoms with Crippen LogP contribution in [0.2, 0.25) is 0 Å². The molecular weight excluding hydrogens is 262 g/mol. The van der Waals surface area contributed by atoms with Gasteiger partial charge in [0.1, 0.15) is 11.4 Å². The van der Waals surface area contributed by atoms with Crippen molar-refractivity contribution in [1.82, 2.24) is 4.90 Å². The normalized spacial score (nSPS) is 22.4. The minimum absolute atomic E-state index is 0.641. The molecule has 0 radical (unpaired) electrons. The zero-order chi connectivity index (χ0) is 14.7. The first-order valence-electron chi connectivity index (χ1n) is 7.33. The molecular formula is C18H21NO2. The number of hydrogen-bond donors (Lipinski definition) is 1. The number of ether oxygens (including phenoxy) is 1. The molecule has 3 rings (SSSR count). The van der Waals surface area contributed by atoms with E-state index in [0.717, 1.165) is 30.8 Å². The number of β-amino-alcohol motifs (C(OH)–C–C–N with tert-alkyl or cyclic N) is 1. The second kappa shape index (κ2) is 5.88. The molecule has 0 amide bonds. The number of para-hydroxylation sites is 1. The third-order valence-electron chi connectivity index (χ3n) is 4.18. The molecule has 1 aliphatic heterocycles. The zero-order valence-corrected chi connectivity index (χ0v) is 12.3. The maximum absolute atomic E-state index is 11.0. The summed E-state index contributed by atoms with van der Waals surface area (Å²) in [5, 5.41) is 11.0. The van der Waals surface area contributed by atoms with E-state index in [4.69, 9.17) is 4.74 Å². The predicted molar refractivity (Wildman–Crippen MR) is 83.2 cm³/mol. The molecule has 1 atom stereocenters. The van der Waals surface area contributed by atoms with E-state index in [9.17, 15) is 5.11 Å². The van der Waals surface area contributed by atoms with Crippen LogP contribution in [0, 0.1) is 0 Å². The average Bonchev–Trinajstić information content (AvgIpc) is 2.90. The molecule has 3 nitrogen and oxygen atoms in total. The number of likely N-dealkylation sites (tertiary alicyclic amines) is 1. The molecule has 3 heteroatoms. The summed E-state index contributed by atoms with van der Waals surface area (Å²) >= 11 is 0. The summed E-state index contributed by atoms with van der Waals surface area (Å²) in [5.74, 6) is 0.765. The monoisotopic (exact) mass is 283 g/mol. The third kappa shape index (κ3) is 2.94. The lowest BCUT2D eigenvalue weighted by atomic mass is 9.92. The van der Waals surface area contributed by atoms with E-state index in [0.29, 0.717) is 6.54 Å². The smallest absolute Gasteiger partial charge is 0.124 e. The summed E-state index contributed by atoms with van der Waals surface area (Å²) < 4.78 is 5.40. The van der Waals surface area contributed by atoms with E-state index in [1.807, 2.05) is 30.3 Å². The zero-order valence-electron chi connectivity index (χ0n) is 12.3. The fourth-order valence-corrected chi connectivity index (χ4v) is 3.10. The summed E-state index contributed by atoms with van der Waals surface area (Å²) in [4.78, 5) is 2.29. The van der Waals surface area contributed by atoms with Crippen LogP contribution in [0.5, 0.6) is 5.75 Å². The van der Waals surface area contributed by atoms with Gasteiger partial charge >= 0.3 is 0 Å². The Kier molecular flexibility index (Phi) is 3.95. The molecule has 2 aromatic carbocycles. The van der Waals surface area contributed by atoms with Crippen LogP contribution in [0.25, 0.3) is 0 Å². The van der Waals surface area contributed by atoms with Gasteiger partial charge in [0.25, 0.3) is 0 Å². The number of benzene rings is 2. The van der Waals surface area contributed by atoms with Gasteiger partial charge in [-0.05, 0) is 18.1 Å². The standard InChI is InChI=1S/C18H21NO2/c1-21-17-10-6-5-9-16(17)18(20)11-12-19(14-18)13-15-7-3-2-4-8-15/h2-10,20H,11-14H2,1H3. The average molecular weight is 283 g/mol. The number of hydrogen-bond acceptors (Lipinski definition) is 3. The summed E-state index contributed by atoms with van der Waals surface area (Å²) in [5.41, 5.74) is 1.35. The Hall–Kier alpha value is -1.84. The van der Waals surface area contributed by atoms with Gasteiger partial charge in [0.2, 0.25) is 0 Å². The van der Waals surface area contributed by atoms with Crippen LogP contribution in [-0.2, 0) is 12.1 Å². The lowest BCUT2D eigenvalue weighted by molar-refractivity contribution is 0.0429. The van der Waals surface area contributed by atoms with Gasteiger partial charge < -0.3 is 9.84 Å². The van der Waals surface area contributed by atoms with E-state index in [2.05, 4.69) is 29.2 Å². The third-order valence-corrected chi connectivity index (χ3v) is 4.18. The van der Waals surface area contributed by atoms with Crippen LogP contribution in [0.1, 0.15) is 17.5 Å². The Labute approximate surface area is 125 Å². The van der Waals surface area contributed by atoms with Gasteiger partial charge in [0, 0.05) is 25.2 Å². The van der Waals surface area contributed by atoms with Crippen LogP contribution in [0.4, 0.5) is 0 Å². The molecule has 110 valence electrons. The Morgan fingerprint density at radius 3 is 2.57 bits per heavy atom. The van der Waals surface area contributed by atoms with Gasteiger partial charge in [-0.2, -0.15) is 0 Å². The van der Waals surface area contributed by atoms with E-state index in [1.54, 1.807) is 7.11 Å². The number of nitrogens with zero attached hydrogens (tertiary/aromatic N) is 1. The lowest BCUT2D eigenvalue weighted by Crippen LogP contribution is -2.31. The van der Waals surface area contributed by atoms with Crippen molar-refractivity contribution in [2.24, 2.45) is 0 Å². The van der Waals surface area contributed by atoms with Crippen molar-refractivity contribution in [3.63, 3.8) is 0 Å². The number of methoxy groups -OCH3 is 1. The van der Waals surface area contributed by atoms with E-state index >= 15 is 0 Å². The Balaban J connectivity index is 1.76. The molecule has 1 heterocycles. The van der Waals surface area contributed by atoms with Crippen molar-refractivity contribution in [2.75, 3.05) is 20.2 Å². The maximum Gasteiger partial charge on any atom is 0.124 e. The van der Waals surface area contributed by atoms with E-state index in [-0.39, 0.29) is 0 Å². The van der Waals surface area contributed by atoms with Gasteiger partial charge in [0.15, 0.2) is 0 Å².